The Morgan fingerprint density at radius 2 is 2.35 bits per heavy atom. The van der Waals surface area contributed by atoms with Gasteiger partial charge in [0.1, 0.15) is 0 Å². The van der Waals surface area contributed by atoms with Crippen LogP contribution in [0.1, 0.15) is 24.0 Å². The molecule has 1 aromatic carbocycles. The van der Waals surface area contributed by atoms with Crippen molar-refractivity contribution in [2.24, 2.45) is 0 Å². The highest BCUT2D eigenvalue weighted by Crippen LogP contribution is 2.25. The van der Waals surface area contributed by atoms with E-state index in [4.69, 9.17) is 10.5 Å². The van der Waals surface area contributed by atoms with Crippen LogP contribution < -0.4 is 5.73 Å². The smallest absolute Gasteiger partial charge is 0.0702 e. The van der Waals surface area contributed by atoms with Gasteiger partial charge in [-0.05, 0) is 36.5 Å². The molecular weight excluding hydrogens is 212 g/mol. The Morgan fingerprint density at radius 3 is 3.18 bits per heavy atom. The molecule has 3 rings (SSSR count). The first-order valence-corrected chi connectivity index (χ1v) is 6.53. The lowest BCUT2D eigenvalue weighted by Crippen LogP contribution is -2.36. The van der Waals surface area contributed by atoms with Gasteiger partial charge in [0.25, 0.3) is 0 Å². The van der Waals surface area contributed by atoms with E-state index in [2.05, 4.69) is 17.0 Å². The summed E-state index contributed by atoms with van der Waals surface area (Å²) in [5.41, 5.74) is 9.72. The fourth-order valence-electron chi connectivity index (χ4n) is 2.93. The van der Waals surface area contributed by atoms with Crippen LogP contribution in [0.4, 0.5) is 5.69 Å². The van der Waals surface area contributed by atoms with E-state index in [0.717, 1.165) is 38.3 Å². The molecule has 0 bridgehead atoms. The van der Waals surface area contributed by atoms with E-state index >= 15 is 0 Å². The predicted octanol–water partition coefficient (Wildman–Crippen LogP) is 1.81. The predicted molar refractivity (Wildman–Crippen MR) is 68.8 cm³/mol. The fraction of sp³-hybridized carbons (Fsp3) is 0.571. The zero-order chi connectivity index (χ0) is 11.7. The van der Waals surface area contributed by atoms with Crippen LogP contribution in [0.3, 0.4) is 0 Å². The lowest BCUT2D eigenvalue weighted by atomic mass is 9.97. The van der Waals surface area contributed by atoms with E-state index in [9.17, 15) is 0 Å². The molecule has 1 unspecified atom stereocenters. The van der Waals surface area contributed by atoms with Crippen molar-refractivity contribution in [3.8, 4) is 0 Å². The largest absolute Gasteiger partial charge is 0.398 e. The highest BCUT2D eigenvalue weighted by Gasteiger charge is 2.23. The molecule has 1 aromatic rings. The monoisotopic (exact) mass is 232 g/mol. The zero-order valence-corrected chi connectivity index (χ0v) is 10.2. The number of nitrogens with zero attached hydrogens (tertiary/aromatic N) is 1. The number of anilines is 1. The maximum absolute atomic E-state index is 6.01. The van der Waals surface area contributed by atoms with Gasteiger partial charge < -0.3 is 10.5 Å². The maximum Gasteiger partial charge on any atom is 0.0702 e. The van der Waals surface area contributed by atoms with E-state index in [1.54, 1.807) is 0 Å². The highest BCUT2D eigenvalue weighted by molar-refractivity contribution is 5.51. The van der Waals surface area contributed by atoms with Gasteiger partial charge in [-0.15, -0.1) is 0 Å². The van der Waals surface area contributed by atoms with E-state index in [0.29, 0.717) is 6.10 Å². The van der Waals surface area contributed by atoms with Crippen LogP contribution in [0.2, 0.25) is 0 Å². The summed E-state index contributed by atoms with van der Waals surface area (Å²) in [4.78, 5) is 2.50. The second-order valence-corrected chi connectivity index (χ2v) is 5.11. The molecule has 1 saturated heterocycles. The van der Waals surface area contributed by atoms with Crippen LogP contribution in [0, 0.1) is 0 Å². The molecule has 3 heteroatoms. The summed E-state index contributed by atoms with van der Waals surface area (Å²) >= 11 is 0. The van der Waals surface area contributed by atoms with Crippen molar-refractivity contribution < 1.29 is 4.74 Å². The molecule has 92 valence electrons. The van der Waals surface area contributed by atoms with Crippen LogP contribution in [0.5, 0.6) is 0 Å². The number of hydrogen-bond acceptors (Lipinski definition) is 3. The molecule has 2 N–H and O–H groups in total. The van der Waals surface area contributed by atoms with Gasteiger partial charge in [-0.1, -0.05) is 12.1 Å². The Morgan fingerprint density at radius 1 is 1.41 bits per heavy atom. The summed E-state index contributed by atoms with van der Waals surface area (Å²) < 4.78 is 5.70. The minimum atomic E-state index is 0.456. The van der Waals surface area contributed by atoms with Crippen molar-refractivity contribution in [1.29, 1.82) is 0 Å². The van der Waals surface area contributed by atoms with Crippen LogP contribution >= 0.6 is 0 Å². The first kappa shape index (κ1) is 11.1. The summed E-state index contributed by atoms with van der Waals surface area (Å²) in [6.07, 6.45) is 3.98. The molecule has 1 fully saturated rings. The maximum atomic E-state index is 6.01. The first-order chi connectivity index (χ1) is 8.33. The second kappa shape index (κ2) is 4.67. The molecule has 3 nitrogen and oxygen atoms in total. The quantitative estimate of drug-likeness (QED) is 0.790. The van der Waals surface area contributed by atoms with Crippen LogP contribution in [-0.4, -0.2) is 30.7 Å². The number of fused-ring (bicyclic) bond motifs is 1. The molecule has 2 aliphatic rings. The number of nitrogen functional groups attached to an aromatic ring is 1. The third kappa shape index (κ3) is 2.31. The molecule has 0 saturated carbocycles. The van der Waals surface area contributed by atoms with Gasteiger partial charge >= 0.3 is 0 Å². The average molecular weight is 232 g/mol. The first-order valence-electron chi connectivity index (χ1n) is 6.53. The lowest BCUT2D eigenvalue weighted by Gasteiger charge is -2.31. The molecule has 0 amide bonds. The number of nitrogens with two attached hydrogens (primary N) is 1. The molecule has 0 aliphatic carbocycles. The van der Waals surface area contributed by atoms with E-state index in [-0.39, 0.29) is 0 Å². The molecule has 0 spiro atoms. The van der Waals surface area contributed by atoms with Gasteiger partial charge in [-0.25, -0.2) is 0 Å². The highest BCUT2D eigenvalue weighted by atomic mass is 16.5. The topological polar surface area (TPSA) is 38.5 Å². The van der Waals surface area contributed by atoms with Crippen LogP contribution in [-0.2, 0) is 17.7 Å². The number of hydrogen-bond donors (Lipinski definition) is 1. The van der Waals surface area contributed by atoms with Crippen LogP contribution in [0.15, 0.2) is 18.2 Å². The lowest BCUT2D eigenvalue weighted by molar-refractivity contribution is 0.0688. The summed E-state index contributed by atoms with van der Waals surface area (Å²) in [5.74, 6) is 0. The summed E-state index contributed by atoms with van der Waals surface area (Å²) in [7, 11) is 0. The van der Waals surface area contributed by atoms with Gasteiger partial charge in [0.15, 0.2) is 0 Å². The summed E-state index contributed by atoms with van der Waals surface area (Å²) in [6, 6.07) is 6.27. The van der Waals surface area contributed by atoms with Crippen LogP contribution in [0.25, 0.3) is 0 Å². The summed E-state index contributed by atoms with van der Waals surface area (Å²) in [5, 5.41) is 0. The molecule has 0 aromatic heterocycles. The zero-order valence-electron chi connectivity index (χ0n) is 10.2. The standard InChI is InChI=1S/C14H20N2O/c15-14-5-1-3-11-9-16(7-6-13(11)14)10-12-4-2-8-17-12/h1,3,5,12H,2,4,6-10,15H2. The third-order valence-corrected chi connectivity index (χ3v) is 3.87. The van der Waals surface area contributed by atoms with E-state index in [1.165, 1.54) is 24.0 Å². The fourth-order valence-corrected chi connectivity index (χ4v) is 2.93. The Hall–Kier alpha value is -1.06. The number of rotatable bonds is 2. The molecule has 2 heterocycles. The van der Waals surface area contributed by atoms with Gasteiger partial charge in [-0.2, -0.15) is 0 Å². The van der Waals surface area contributed by atoms with E-state index < -0.39 is 0 Å². The van der Waals surface area contributed by atoms with Crippen molar-refractivity contribution in [2.75, 3.05) is 25.4 Å². The SMILES string of the molecule is Nc1cccc2c1CCN(CC1CCCO1)C2. The minimum Gasteiger partial charge on any atom is -0.398 e. The summed E-state index contributed by atoms with van der Waals surface area (Å²) in [6.45, 7) is 4.16. The third-order valence-electron chi connectivity index (χ3n) is 3.87. The van der Waals surface area contributed by atoms with Crippen molar-refractivity contribution >= 4 is 5.69 Å². The van der Waals surface area contributed by atoms with Gasteiger partial charge in [0, 0.05) is 31.9 Å². The van der Waals surface area contributed by atoms with Crippen molar-refractivity contribution in [3.63, 3.8) is 0 Å². The van der Waals surface area contributed by atoms with Gasteiger partial charge in [0.2, 0.25) is 0 Å². The normalized spacial score (nSPS) is 24.8. The Balaban J connectivity index is 1.68. The van der Waals surface area contributed by atoms with Crippen molar-refractivity contribution in [1.82, 2.24) is 4.90 Å². The van der Waals surface area contributed by atoms with E-state index in [1.807, 2.05) is 6.07 Å². The second-order valence-electron chi connectivity index (χ2n) is 5.11. The Kier molecular flexibility index (Phi) is 3.04. The van der Waals surface area contributed by atoms with Gasteiger partial charge in [-0.3, -0.25) is 4.90 Å². The van der Waals surface area contributed by atoms with Crippen molar-refractivity contribution in [3.05, 3.63) is 29.3 Å². The Labute approximate surface area is 103 Å². The van der Waals surface area contributed by atoms with Crippen molar-refractivity contribution in [2.45, 2.75) is 31.9 Å². The van der Waals surface area contributed by atoms with Gasteiger partial charge in [0.05, 0.1) is 6.10 Å². The Bertz CT molecular complexity index is 399. The molecule has 0 radical (unpaired) electrons. The molecule has 1 atom stereocenters. The average Bonchev–Trinajstić information content (AvgIpc) is 2.82. The minimum absolute atomic E-state index is 0.456. The number of benzene rings is 1. The molecule has 2 aliphatic heterocycles. The number of ether oxygens (including phenoxy) is 1. The molecule has 17 heavy (non-hydrogen) atoms. The molecular formula is C14H20N2O.